The summed E-state index contributed by atoms with van der Waals surface area (Å²) in [5.41, 5.74) is 3.11. The first-order valence-corrected chi connectivity index (χ1v) is 11.8. The van der Waals surface area contributed by atoms with Crippen molar-refractivity contribution < 1.29 is 4.39 Å². The molecule has 0 radical (unpaired) electrons. The van der Waals surface area contributed by atoms with Gasteiger partial charge in [0.25, 0.3) is 0 Å². The minimum Gasteiger partial charge on any atom is -0.304 e. The third-order valence-corrected chi connectivity index (χ3v) is 6.50. The highest BCUT2D eigenvalue weighted by Crippen LogP contribution is 2.31. The van der Waals surface area contributed by atoms with E-state index in [4.69, 9.17) is 0 Å². The van der Waals surface area contributed by atoms with Crippen molar-refractivity contribution in [3.8, 4) is 0 Å². The molecule has 168 valence electrons. The zero-order valence-corrected chi connectivity index (χ0v) is 19.8. The fourth-order valence-electron chi connectivity index (χ4n) is 4.21. The number of hydrogen-bond acceptors (Lipinski definition) is 3. The summed E-state index contributed by atoms with van der Waals surface area (Å²) in [6, 6.07) is 8.93. The van der Waals surface area contributed by atoms with Gasteiger partial charge in [0.1, 0.15) is 5.83 Å². The lowest BCUT2D eigenvalue weighted by Gasteiger charge is -2.35. The highest BCUT2D eigenvalue weighted by molar-refractivity contribution is 5.34. The van der Waals surface area contributed by atoms with E-state index in [0.29, 0.717) is 6.42 Å². The van der Waals surface area contributed by atoms with E-state index in [-0.39, 0.29) is 11.4 Å². The number of halogens is 1. The fourth-order valence-corrected chi connectivity index (χ4v) is 4.21. The lowest BCUT2D eigenvalue weighted by atomic mass is 9.82. The first-order chi connectivity index (χ1) is 14.5. The van der Waals surface area contributed by atoms with Crippen LogP contribution in [0.3, 0.4) is 0 Å². The van der Waals surface area contributed by atoms with Crippen LogP contribution in [-0.2, 0) is 13.1 Å². The molecule has 0 atom stereocenters. The molecule has 0 spiro atoms. The molecule has 1 fully saturated rings. The third kappa shape index (κ3) is 6.76. The Kier molecular flexibility index (Phi) is 10.2. The van der Waals surface area contributed by atoms with Gasteiger partial charge < -0.3 is 10.2 Å². The number of nitrogens with one attached hydrogen (secondary N) is 1. The standard InChI is InChI=1S/C26H42FN3/c1-6-10-11-24(25(27)7-2)26(8-3,9-4)28-20-22-12-14-23(15-13-22)21-30-18-16-29(5)17-19-30/h10-15,28H,6-9,16-21H2,1-5H3/b11-10-,25-24-. The molecule has 2 rings (SSSR count). The minimum atomic E-state index is -0.329. The molecule has 0 aliphatic carbocycles. The van der Waals surface area contributed by atoms with Crippen LogP contribution in [0, 0.1) is 0 Å². The molecule has 0 bridgehead atoms. The number of piperazine rings is 1. The van der Waals surface area contributed by atoms with Gasteiger partial charge in [-0.1, -0.05) is 64.1 Å². The molecule has 0 saturated carbocycles. The second-order valence-electron chi connectivity index (χ2n) is 8.52. The fraction of sp³-hybridized carbons (Fsp3) is 0.615. The van der Waals surface area contributed by atoms with Gasteiger partial charge >= 0.3 is 0 Å². The predicted molar refractivity (Wildman–Crippen MR) is 127 cm³/mol. The highest BCUT2D eigenvalue weighted by Gasteiger charge is 2.31. The molecular formula is C26H42FN3. The maximum atomic E-state index is 14.8. The van der Waals surface area contributed by atoms with Gasteiger partial charge in [-0.05, 0) is 43.9 Å². The van der Waals surface area contributed by atoms with Crippen molar-refractivity contribution in [1.29, 1.82) is 0 Å². The largest absolute Gasteiger partial charge is 0.304 e. The molecule has 0 amide bonds. The van der Waals surface area contributed by atoms with Crippen molar-refractivity contribution in [3.63, 3.8) is 0 Å². The quantitative estimate of drug-likeness (QED) is 0.469. The van der Waals surface area contributed by atoms with Crippen LogP contribution in [0.2, 0.25) is 0 Å². The lowest BCUT2D eigenvalue weighted by Crippen LogP contribution is -2.45. The molecule has 1 aromatic rings. The Morgan fingerprint density at radius 2 is 1.60 bits per heavy atom. The number of likely N-dealkylation sites (N-methyl/N-ethyl adjacent to an activating group) is 1. The summed E-state index contributed by atoms with van der Waals surface area (Å²) in [6.07, 6.45) is 7.15. The number of allylic oxidation sites excluding steroid dienone is 2. The molecule has 0 unspecified atom stereocenters. The third-order valence-electron chi connectivity index (χ3n) is 6.50. The molecular weight excluding hydrogens is 373 g/mol. The number of benzene rings is 1. The zero-order valence-electron chi connectivity index (χ0n) is 19.8. The lowest BCUT2D eigenvalue weighted by molar-refractivity contribution is 0.148. The molecule has 1 aliphatic rings. The van der Waals surface area contributed by atoms with Gasteiger partial charge in [0, 0.05) is 50.4 Å². The molecule has 3 nitrogen and oxygen atoms in total. The van der Waals surface area contributed by atoms with Crippen molar-refractivity contribution in [2.45, 2.75) is 72.0 Å². The SMILES string of the molecule is CC/C=C\C(=C(\F)CC)C(CC)(CC)NCc1ccc(CN2CCN(C)CC2)cc1. The summed E-state index contributed by atoms with van der Waals surface area (Å²) in [5.74, 6) is -0.00146. The van der Waals surface area contributed by atoms with E-state index in [9.17, 15) is 4.39 Å². The topological polar surface area (TPSA) is 18.5 Å². The second kappa shape index (κ2) is 12.4. The van der Waals surface area contributed by atoms with E-state index in [0.717, 1.165) is 64.1 Å². The maximum absolute atomic E-state index is 14.8. The van der Waals surface area contributed by atoms with Crippen LogP contribution in [0.1, 0.15) is 64.5 Å². The predicted octanol–water partition coefficient (Wildman–Crippen LogP) is 5.68. The Balaban J connectivity index is 2.05. The Morgan fingerprint density at radius 1 is 1.00 bits per heavy atom. The van der Waals surface area contributed by atoms with Gasteiger partial charge in [-0.2, -0.15) is 0 Å². The van der Waals surface area contributed by atoms with Gasteiger partial charge in [-0.3, -0.25) is 4.90 Å². The van der Waals surface area contributed by atoms with Crippen molar-refractivity contribution in [2.75, 3.05) is 33.2 Å². The smallest absolute Gasteiger partial charge is 0.105 e. The summed E-state index contributed by atoms with van der Waals surface area (Å²) >= 11 is 0. The van der Waals surface area contributed by atoms with Gasteiger partial charge in [0.15, 0.2) is 0 Å². The molecule has 1 saturated heterocycles. The van der Waals surface area contributed by atoms with Crippen LogP contribution in [0.4, 0.5) is 4.39 Å². The Morgan fingerprint density at radius 3 is 2.13 bits per heavy atom. The van der Waals surface area contributed by atoms with Crippen molar-refractivity contribution >= 4 is 0 Å². The van der Waals surface area contributed by atoms with Gasteiger partial charge in [0.2, 0.25) is 0 Å². The Labute approximate surface area is 184 Å². The average molecular weight is 416 g/mol. The summed E-state index contributed by atoms with van der Waals surface area (Å²) in [4.78, 5) is 4.91. The highest BCUT2D eigenvalue weighted by atomic mass is 19.1. The van der Waals surface area contributed by atoms with E-state index in [1.807, 2.05) is 13.0 Å². The van der Waals surface area contributed by atoms with E-state index in [2.05, 4.69) is 73.3 Å². The summed E-state index contributed by atoms with van der Waals surface area (Å²) in [5, 5.41) is 3.71. The van der Waals surface area contributed by atoms with Gasteiger partial charge in [-0.25, -0.2) is 4.39 Å². The van der Waals surface area contributed by atoms with Crippen molar-refractivity contribution in [1.82, 2.24) is 15.1 Å². The number of hydrogen-bond donors (Lipinski definition) is 1. The summed E-state index contributed by atoms with van der Waals surface area (Å²) in [7, 11) is 2.19. The van der Waals surface area contributed by atoms with Crippen LogP contribution in [0.5, 0.6) is 0 Å². The molecule has 1 heterocycles. The van der Waals surface area contributed by atoms with Crippen LogP contribution >= 0.6 is 0 Å². The molecule has 1 aromatic carbocycles. The van der Waals surface area contributed by atoms with Gasteiger partial charge in [0.05, 0.1) is 0 Å². The second-order valence-corrected chi connectivity index (χ2v) is 8.52. The number of nitrogens with zero attached hydrogens (tertiary/aromatic N) is 2. The van der Waals surface area contributed by atoms with Crippen LogP contribution in [-0.4, -0.2) is 48.6 Å². The van der Waals surface area contributed by atoms with Crippen molar-refractivity contribution in [3.05, 3.63) is 58.9 Å². The number of rotatable bonds is 11. The Hall–Kier alpha value is -1.49. The van der Waals surface area contributed by atoms with Crippen LogP contribution in [0.25, 0.3) is 0 Å². The first kappa shape index (κ1) is 24.8. The monoisotopic (exact) mass is 415 g/mol. The molecule has 30 heavy (non-hydrogen) atoms. The minimum absolute atomic E-state index is 0.00146. The average Bonchev–Trinajstić information content (AvgIpc) is 2.78. The van der Waals surface area contributed by atoms with Crippen LogP contribution < -0.4 is 5.32 Å². The normalized spacial score (nSPS) is 17.5. The summed E-state index contributed by atoms with van der Waals surface area (Å²) in [6.45, 7) is 14.6. The van der Waals surface area contributed by atoms with Crippen molar-refractivity contribution in [2.24, 2.45) is 0 Å². The van der Waals surface area contributed by atoms with E-state index in [1.165, 1.54) is 11.1 Å². The molecule has 1 aliphatic heterocycles. The maximum Gasteiger partial charge on any atom is 0.105 e. The van der Waals surface area contributed by atoms with Crippen LogP contribution in [0.15, 0.2) is 47.8 Å². The van der Waals surface area contributed by atoms with E-state index >= 15 is 0 Å². The first-order valence-electron chi connectivity index (χ1n) is 11.8. The summed E-state index contributed by atoms with van der Waals surface area (Å²) < 4.78 is 14.8. The Bertz CT molecular complexity index is 681. The molecule has 0 aromatic heterocycles. The van der Waals surface area contributed by atoms with Gasteiger partial charge in [-0.15, -0.1) is 0 Å². The van der Waals surface area contributed by atoms with E-state index < -0.39 is 0 Å². The molecule has 4 heteroatoms. The van der Waals surface area contributed by atoms with E-state index in [1.54, 1.807) is 0 Å². The zero-order chi connectivity index (χ0) is 22.0. The molecule has 1 N–H and O–H groups in total.